The zero-order valence-corrected chi connectivity index (χ0v) is 10.8. The van der Waals surface area contributed by atoms with Crippen LogP contribution in [0.4, 0.5) is 4.39 Å². The first-order valence-electron chi connectivity index (χ1n) is 6.21. The van der Waals surface area contributed by atoms with Crippen LogP contribution in [0.15, 0.2) is 29.8 Å². The standard InChI is InChI=1S/C15H15ClFN/c16-8-7-11-1-3-12(4-2-11)13-5-6-14(10-18)15(17)9-13/h5-9,11-12H,1-4H2/b8-7+. The van der Waals surface area contributed by atoms with Crippen LogP contribution in [0.25, 0.3) is 0 Å². The van der Waals surface area contributed by atoms with Crippen LogP contribution in [-0.4, -0.2) is 0 Å². The lowest BCUT2D eigenvalue weighted by Gasteiger charge is -2.27. The molecule has 1 aliphatic rings. The Kier molecular flexibility index (Phi) is 4.38. The molecule has 1 saturated carbocycles. The SMILES string of the molecule is N#Cc1ccc(C2CCC(/C=C/Cl)CC2)cc1F. The van der Waals surface area contributed by atoms with Crippen molar-refractivity contribution in [3.63, 3.8) is 0 Å². The Labute approximate surface area is 112 Å². The predicted molar refractivity (Wildman–Crippen MR) is 70.8 cm³/mol. The van der Waals surface area contributed by atoms with Gasteiger partial charge in [0.15, 0.2) is 0 Å². The summed E-state index contributed by atoms with van der Waals surface area (Å²) in [4.78, 5) is 0. The molecule has 0 N–H and O–H groups in total. The Hall–Kier alpha value is -1.33. The second kappa shape index (κ2) is 6.02. The van der Waals surface area contributed by atoms with Crippen LogP contribution >= 0.6 is 11.6 Å². The first-order valence-corrected chi connectivity index (χ1v) is 6.64. The first-order chi connectivity index (χ1) is 8.74. The number of hydrogen-bond donors (Lipinski definition) is 0. The van der Waals surface area contributed by atoms with Crippen molar-refractivity contribution in [2.45, 2.75) is 31.6 Å². The van der Waals surface area contributed by atoms with E-state index in [-0.39, 0.29) is 5.56 Å². The number of allylic oxidation sites excluding steroid dienone is 1. The van der Waals surface area contributed by atoms with Gasteiger partial charge in [-0.3, -0.25) is 0 Å². The highest BCUT2D eigenvalue weighted by Gasteiger charge is 2.21. The van der Waals surface area contributed by atoms with Gasteiger partial charge in [0.1, 0.15) is 11.9 Å². The maximum Gasteiger partial charge on any atom is 0.141 e. The molecule has 0 unspecified atom stereocenters. The highest BCUT2D eigenvalue weighted by molar-refractivity contribution is 6.25. The lowest BCUT2D eigenvalue weighted by Crippen LogP contribution is -2.11. The molecule has 3 heteroatoms. The van der Waals surface area contributed by atoms with E-state index in [1.807, 2.05) is 18.2 Å². The fourth-order valence-corrected chi connectivity index (χ4v) is 2.83. The van der Waals surface area contributed by atoms with E-state index in [1.165, 1.54) is 6.07 Å². The number of benzene rings is 1. The van der Waals surface area contributed by atoms with Crippen molar-refractivity contribution in [1.29, 1.82) is 5.26 Å². The number of nitriles is 1. The Morgan fingerprint density at radius 3 is 2.56 bits per heavy atom. The maximum absolute atomic E-state index is 13.6. The monoisotopic (exact) mass is 263 g/mol. The summed E-state index contributed by atoms with van der Waals surface area (Å²) in [5.41, 5.74) is 2.73. The first kappa shape index (κ1) is 13.1. The third kappa shape index (κ3) is 2.91. The molecule has 1 aromatic carbocycles. The fourth-order valence-electron chi connectivity index (χ4n) is 2.62. The molecular weight excluding hydrogens is 249 g/mol. The smallest absolute Gasteiger partial charge is 0.141 e. The number of rotatable bonds is 2. The van der Waals surface area contributed by atoms with Crippen molar-refractivity contribution in [2.24, 2.45) is 5.92 Å². The van der Waals surface area contributed by atoms with E-state index in [1.54, 1.807) is 11.6 Å². The lowest BCUT2D eigenvalue weighted by atomic mass is 9.78. The largest absolute Gasteiger partial charge is 0.206 e. The van der Waals surface area contributed by atoms with E-state index in [2.05, 4.69) is 0 Å². The zero-order valence-electron chi connectivity index (χ0n) is 10.1. The highest BCUT2D eigenvalue weighted by Crippen LogP contribution is 2.36. The molecule has 0 spiro atoms. The van der Waals surface area contributed by atoms with Crippen LogP contribution in [0.3, 0.4) is 0 Å². The zero-order chi connectivity index (χ0) is 13.0. The van der Waals surface area contributed by atoms with Gasteiger partial charge >= 0.3 is 0 Å². The quantitative estimate of drug-likeness (QED) is 0.757. The molecule has 1 nitrogen and oxygen atoms in total. The molecule has 18 heavy (non-hydrogen) atoms. The van der Waals surface area contributed by atoms with Crippen LogP contribution in [-0.2, 0) is 0 Å². The van der Waals surface area contributed by atoms with Gasteiger partial charge < -0.3 is 0 Å². The van der Waals surface area contributed by atoms with Gasteiger partial charge in [-0.15, -0.1) is 0 Å². The van der Waals surface area contributed by atoms with Gasteiger partial charge in [-0.05, 0) is 55.2 Å². The molecule has 1 aliphatic carbocycles. The summed E-state index contributed by atoms with van der Waals surface area (Å²) in [7, 11) is 0. The summed E-state index contributed by atoms with van der Waals surface area (Å²) in [6, 6.07) is 6.82. The van der Waals surface area contributed by atoms with Crippen LogP contribution in [0.5, 0.6) is 0 Å². The maximum atomic E-state index is 13.6. The minimum absolute atomic E-state index is 0.123. The van der Waals surface area contributed by atoms with Crippen molar-refractivity contribution in [2.75, 3.05) is 0 Å². The van der Waals surface area contributed by atoms with E-state index >= 15 is 0 Å². The fraction of sp³-hybridized carbons (Fsp3) is 0.400. The molecule has 94 valence electrons. The third-order valence-electron chi connectivity index (χ3n) is 3.70. The molecule has 0 aliphatic heterocycles. The summed E-state index contributed by atoms with van der Waals surface area (Å²) < 4.78 is 13.6. The summed E-state index contributed by atoms with van der Waals surface area (Å²) in [6.07, 6.45) is 6.33. The van der Waals surface area contributed by atoms with Crippen LogP contribution < -0.4 is 0 Å². The molecule has 0 radical (unpaired) electrons. The molecule has 1 aromatic rings. The van der Waals surface area contributed by atoms with Gasteiger partial charge in [0.2, 0.25) is 0 Å². The lowest BCUT2D eigenvalue weighted by molar-refractivity contribution is 0.375. The topological polar surface area (TPSA) is 23.8 Å². The van der Waals surface area contributed by atoms with E-state index in [0.29, 0.717) is 11.8 Å². The van der Waals surface area contributed by atoms with Crippen molar-refractivity contribution in [3.05, 3.63) is 46.8 Å². The molecule has 0 aromatic heterocycles. The molecule has 0 bridgehead atoms. The van der Waals surface area contributed by atoms with Crippen LogP contribution in [0, 0.1) is 23.1 Å². The molecule has 0 amide bonds. The molecule has 1 fully saturated rings. The average Bonchev–Trinajstić information content (AvgIpc) is 2.40. The normalized spacial score (nSPS) is 24.1. The molecule has 0 atom stereocenters. The second-order valence-corrected chi connectivity index (χ2v) is 5.03. The summed E-state index contributed by atoms with van der Waals surface area (Å²) >= 11 is 5.58. The van der Waals surface area contributed by atoms with Crippen molar-refractivity contribution < 1.29 is 4.39 Å². The van der Waals surface area contributed by atoms with Gasteiger partial charge in [-0.1, -0.05) is 23.7 Å². The van der Waals surface area contributed by atoms with Gasteiger partial charge in [0, 0.05) is 5.54 Å². The minimum atomic E-state index is -0.405. The molecule has 0 saturated heterocycles. The van der Waals surface area contributed by atoms with Gasteiger partial charge in [0.05, 0.1) is 5.56 Å². The van der Waals surface area contributed by atoms with Crippen molar-refractivity contribution in [3.8, 4) is 6.07 Å². The number of halogens is 2. The average molecular weight is 264 g/mol. The van der Waals surface area contributed by atoms with Crippen LogP contribution in [0.2, 0.25) is 0 Å². The van der Waals surface area contributed by atoms with Crippen LogP contribution in [0.1, 0.15) is 42.7 Å². The van der Waals surface area contributed by atoms with Crippen molar-refractivity contribution in [1.82, 2.24) is 0 Å². The third-order valence-corrected chi connectivity index (χ3v) is 3.85. The van der Waals surface area contributed by atoms with Gasteiger partial charge in [-0.2, -0.15) is 5.26 Å². The predicted octanol–water partition coefficient (Wildman–Crippen LogP) is 4.72. The molecule has 0 heterocycles. The van der Waals surface area contributed by atoms with Gasteiger partial charge in [0.25, 0.3) is 0 Å². The van der Waals surface area contributed by atoms with E-state index in [4.69, 9.17) is 16.9 Å². The Balaban J connectivity index is 2.06. The number of nitrogens with zero attached hydrogens (tertiary/aromatic N) is 1. The van der Waals surface area contributed by atoms with E-state index in [9.17, 15) is 4.39 Å². The Morgan fingerprint density at radius 2 is 2.00 bits per heavy atom. The minimum Gasteiger partial charge on any atom is -0.206 e. The van der Waals surface area contributed by atoms with E-state index in [0.717, 1.165) is 31.2 Å². The summed E-state index contributed by atoms with van der Waals surface area (Å²) in [5.74, 6) is 0.562. The number of hydrogen-bond acceptors (Lipinski definition) is 1. The summed E-state index contributed by atoms with van der Waals surface area (Å²) in [6.45, 7) is 0. The highest BCUT2D eigenvalue weighted by atomic mass is 35.5. The van der Waals surface area contributed by atoms with E-state index < -0.39 is 5.82 Å². The Morgan fingerprint density at radius 1 is 1.28 bits per heavy atom. The van der Waals surface area contributed by atoms with Gasteiger partial charge in [-0.25, -0.2) is 4.39 Å². The van der Waals surface area contributed by atoms with Crippen molar-refractivity contribution >= 4 is 11.6 Å². The molecule has 2 rings (SSSR count). The Bertz CT molecular complexity index is 482. The summed E-state index contributed by atoms with van der Waals surface area (Å²) in [5, 5.41) is 8.70. The second-order valence-electron chi connectivity index (χ2n) is 4.78. The molecular formula is C15H15ClFN.